The maximum Gasteiger partial charge on any atom is 0.310 e. The van der Waals surface area contributed by atoms with Crippen molar-refractivity contribution >= 4 is 5.97 Å². The molecule has 4 heterocycles. The van der Waals surface area contributed by atoms with E-state index in [4.69, 9.17) is 37.9 Å². The zero-order valence-corrected chi connectivity index (χ0v) is 43.2. The molecule has 4 aliphatic heterocycles. The summed E-state index contributed by atoms with van der Waals surface area (Å²) in [5.74, 6) is -0.465. The molecule has 4 saturated carbocycles. The molecule has 0 aromatic heterocycles. The van der Waals surface area contributed by atoms with Crippen LogP contribution in [-0.4, -0.2) is 210 Å². The number of aliphatic hydroxyl groups is 11. The molecule has 418 valence electrons. The average Bonchev–Trinajstić information content (AvgIpc) is 3.34. The number of aliphatic hydroxyl groups excluding tert-OH is 11. The van der Waals surface area contributed by atoms with Crippen LogP contribution < -0.4 is 0 Å². The fraction of sp³-hybridized carbons (Fsp3) is 0.942. The SMILES string of the molecule is C[C@@H]1O[C@@H](O[C@H]2[C@H](O[C@@H]3CC[C@@]4(C)[C@@H](CC[C@]5(C)[C@@H]4CC=C4[C@H]6CC(C)(C)CC[C@@]6(C(=O)O)CC[C@]45C)[C@]3(C)CO)OC[C@H](O)[C@@H]2O)[C@H](O)[C@H](O[C@@H]2OC[C@@H](O[C@@H]3O[C@H](CO)[C@@H](O)[C@H](O)[C@H]3O)[C@H](O)[C@H]2O)[C@H]1O. The van der Waals surface area contributed by atoms with Crippen LogP contribution in [0.5, 0.6) is 0 Å². The summed E-state index contributed by atoms with van der Waals surface area (Å²) >= 11 is 0. The monoisotopic (exact) mass is 1040 g/mol. The fourth-order valence-electron chi connectivity index (χ4n) is 16.0. The predicted molar refractivity (Wildman–Crippen MR) is 251 cm³/mol. The minimum atomic E-state index is -1.89. The Hall–Kier alpha value is -1.55. The van der Waals surface area contributed by atoms with Crippen molar-refractivity contribution in [2.75, 3.05) is 26.4 Å². The first-order valence-electron chi connectivity index (χ1n) is 26.7. The summed E-state index contributed by atoms with van der Waals surface area (Å²) in [5, 5.41) is 130. The van der Waals surface area contributed by atoms with Crippen molar-refractivity contribution in [1.29, 1.82) is 0 Å². The number of hydrogen-bond acceptors (Lipinski definition) is 20. The molecule has 21 nitrogen and oxygen atoms in total. The van der Waals surface area contributed by atoms with Crippen molar-refractivity contribution < 1.29 is 104 Å². The van der Waals surface area contributed by atoms with E-state index in [2.05, 4.69) is 40.7 Å². The lowest BCUT2D eigenvalue weighted by Crippen LogP contribution is -2.67. The molecule has 12 N–H and O–H groups in total. The maximum absolute atomic E-state index is 13.2. The summed E-state index contributed by atoms with van der Waals surface area (Å²) in [7, 11) is 0. The van der Waals surface area contributed by atoms with E-state index in [0.29, 0.717) is 19.3 Å². The molecular weight excluding hydrogens is 961 g/mol. The van der Waals surface area contributed by atoms with Gasteiger partial charge in [-0.15, -0.1) is 0 Å². The van der Waals surface area contributed by atoms with Crippen molar-refractivity contribution in [3.05, 3.63) is 11.6 Å². The molecule has 4 saturated heterocycles. The van der Waals surface area contributed by atoms with E-state index in [9.17, 15) is 66.1 Å². The Morgan fingerprint density at radius 1 is 0.644 bits per heavy atom. The van der Waals surface area contributed by atoms with E-state index in [1.165, 1.54) is 12.5 Å². The van der Waals surface area contributed by atoms with E-state index in [1.54, 1.807) is 0 Å². The zero-order valence-electron chi connectivity index (χ0n) is 43.2. The van der Waals surface area contributed by atoms with Crippen molar-refractivity contribution in [3.63, 3.8) is 0 Å². The van der Waals surface area contributed by atoms with Gasteiger partial charge in [-0.1, -0.05) is 53.2 Å². The van der Waals surface area contributed by atoms with Crippen LogP contribution in [0.4, 0.5) is 0 Å². The van der Waals surface area contributed by atoms with Gasteiger partial charge in [-0.05, 0) is 111 Å². The van der Waals surface area contributed by atoms with Gasteiger partial charge >= 0.3 is 5.97 Å². The van der Waals surface area contributed by atoms with Gasteiger partial charge in [0.05, 0.1) is 44.1 Å². The number of allylic oxidation sites excluding steroid dienone is 2. The lowest BCUT2D eigenvalue weighted by atomic mass is 9.33. The molecular formula is C52H84O21. The summed E-state index contributed by atoms with van der Waals surface area (Å²) in [6.07, 6.45) is -19.1. The first-order chi connectivity index (χ1) is 34.2. The standard InChI is InChI=1S/C52H84O21/c1-23-32(56)40(72-42-37(61)35(59)28(21-67-42)70-43-38(62)36(60)34(58)27(19-53)69-43)39(63)44(68-23)73-41-33(57)26(55)20-66-45(41)71-31-11-12-48(4)29(49(31,5)22-54)10-13-51(7)30(48)9-8-24-25-18-47(2,3)14-16-52(25,46(64)65)17-15-50(24,51)6/h8,23,25-45,53-63H,9-22H2,1-7H3,(H,64,65)/t23-,25+,26-,27+,28+,29+,30+,31+,32-,33-,34+,35-,36-,37+,38+,39+,40+,41+,42-,43-,44-,45-,48-,49-,50+,51+,52+/m0/s1. The molecule has 0 aromatic rings. The molecule has 5 aliphatic carbocycles. The molecule has 9 rings (SSSR count). The number of ether oxygens (including phenoxy) is 8. The van der Waals surface area contributed by atoms with Crippen LogP contribution in [0.1, 0.15) is 113 Å². The van der Waals surface area contributed by atoms with Gasteiger partial charge in [0.25, 0.3) is 0 Å². The summed E-state index contributed by atoms with van der Waals surface area (Å²) in [6, 6.07) is 0. The Morgan fingerprint density at radius 2 is 1.30 bits per heavy atom. The quantitative estimate of drug-likeness (QED) is 0.0942. The van der Waals surface area contributed by atoms with Crippen LogP contribution in [-0.2, 0) is 42.7 Å². The molecule has 0 unspecified atom stereocenters. The number of hydrogen-bond donors (Lipinski definition) is 12. The van der Waals surface area contributed by atoms with E-state index in [1.807, 2.05) is 6.92 Å². The number of aliphatic carboxylic acids is 1. The highest BCUT2D eigenvalue weighted by molar-refractivity contribution is 5.76. The van der Waals surface area contributed by atoms with E-state index in [0.717, 1.165) is 44.9 Å². The first kappa shape index (κ1) is 56.2. The van der Waals surface area contributed by atoms with E-state index >= 15 is 0 Å². The molecule has 0 aromatic carbocycles. The molecule has 0 spiro atoms. The fourth-order valence-corrected chi connectivity index (χ4v) is 16.0. The molecule has 0 bridgehead atoms. The number of carbonyl (C=O) groups is 1. The Labute approximate surface area is 426 Å². The third-order valence-electron chi connectivity index (χ3n) is 20.8. The highest BCUT2D eigenvalue weighted by Crippen LogP contribution is 2.76. The van der Waals surface area contributed by atoms with E-state index < -0.39 is 147 Å². The molecule has 0 radical (unpaired) electrons. The zero-order chi connectivity index (χ0) is 53.1. The van der Waals surface area contributed by atoms with Gasteiger partial charge < -0.3 is 99.2 Å². The smallest absolute Gasteiger partial charge is 0.310 e. The molecule has 9 aliphatic rings. The summed E-state index contributed by atoms with van der Waals surface area (Å²) in [4.78, 5) is 13.2. The molecule has 8 fully saturated rings. The van der Waals surface area contributed by atoms with Gasteiger partial charge in [-0.3, -0.25) is 4.79 Å². The Bertz CT molecular complexity index is 2010. The van der Waals surface area contributed by atoms with E-state index in [-0.39, 0.29) is 52.6 Å². The second-order valence-corrected chi connectivity index (χ2v) is 25.2. The van der Waals surface area contributed by atoms with Crippen molar-refractivity contribution in [3.8, 4) is 0 Å². The minimum Gasteiger partial charge on any atom is -0.481 e. The van der Waals surface area contributed by atoms with Gasteiger partial charge in [-0.25, -0.2) is 0 Å². The largest absolute Gasteiger partial charge is 0.481 e. The third-order valence-corrected chi connectivity index (χ3v) is 20.8. The second kappa shape index (κ2) is 20.3. The second-order valence-electron chi connectivity index (χ2n) is 25.2. The number of fused-ring (bicyclic) bond motifs is 7. The number of carboxylic acid groups (broad SMARTS) is 1. The summed E-state index contributed by atoms with van der Waals surface area (Å²) in [5.41, 5.74) is -0.749. The molecule has 27 atom stereocenters. The van der Waals surface area contributed by atoms with Gasteiger partial charge in [-0.2, -0.15) is 0 Å². The van der Waals surface area contributed by atoms with Gasteiger partial charge in [0.1, 0.15) is 79.4 Å². The molecule has 21 heteroatoms. The lowest BCUT2D eigenvalue weighted by Gasteiger charge is -2.71. The van der Waals surface area contributed by atoms with Gasteiger partial charge in [0, 0.05) is 5.41 Å². The minimum absolute atomic E-state index is 0.0108. The van der Waals surface area contributed by atoms with Crippen LogP contribution in [0.2, 0.25) is 0 Å². The Morgan fingerprint density at radius 3 is 1.99 bits per heavy atom. The topological polar surface area (TPSA) is 334 Å². The van der Waals surface area contributed by atoms with Crippen LogP contribution in [0.25, 0.3) is 0 Å². The van der Waals surface area contributed by atoms with Gasteiger partial charge in [0.2, 0.25) is 0 Å². The third kappa shape index (κ3) is 9.10. The van der Waals surface area contributed by atoms with Crippen LogP contribution in [0, 0.1) is 50.2 Å². The van der Waals surface area contributed by atoms with Crippen molar-refractivity contribution in [2.45, 2.75) is 229 Å². The molecule has 0 amide bonds. The normalized spacial score (nSPS) is 55.0. The van der Waals surface area contributed by atoms with Crippen molar-refractivity contribution in [1.82, 2.24) is 0 Å². The Kier molecular flexibility index (Phi) is 15.6. The summed E-state index contributed by atoms with van der Waals surface area (Å²) < 4.78 is 47.6. The van der Waals surface area contributed by atoms with Crippen LogP contribution in [0.15, 0.2) is 11.6 Å². The van der Waals surface area contributed by atoms with Crippen molar-refractivity contribution in [2.24, 2.45) is 50.2 Å². The predicted octanol–water partition coefficient (Wildman–Crippen LogP) is -0.191. The Balaban J connectivity index is 0.887. The van der Waals surface area contributed by atoms with Crippen LogP contribution in [0.3, 0.4) is 0 Å². The lowest BCUT2D eigenvalue weighted by molar-refractivity contribution is -0.383. The first-order valence-corrected chi connectivity index (χ1v) is 26.7. The summed E-state index contributed by atoms with van der Waals surface area (Å²) in [6.45, 7) is 13.5. The average molecular weight is 1050 g/mol. The highest BCUT2D eigenvalue weighted by Gasteiger charge is 2.70. The van der Waals surface area contributed by atoms with Gasteiger partial charge in [0.15, 0.2) is 25.2 Å². The molecule has 73 heavy (non-hydrogen) atoms. The highest BCUT2D eigenvalue weighted by atomic mass is 16.8. The number of carboxylic acids is 1. The maximum atomic E-state index is 13.2. The van der Waals surface area contributed by atoms with Crippen LogP contribution >= 0.6 is 0 Å². The number of rotatable bonds is 11.